The van der Waals surface area contributed by atoms with Crippen molar-refractivity contribution < 1.29 is 9.90 Å². The second-order valence-electron chi connectivity index (χ2n) is 4.06. The van der Waals surface area contributed by atoms with Crippen LogP contribution < -0.4 is 5.32 Å². The van der Waals surface area contributed by atoms with Crippen molar-refractivity contribution in [1.29, 1.82) is 0 Å². The minimum atomic E-state index is -0.310. The van der Waals surface area contributed by atoms with E-state index in [1.165, 1.54) is 0 Å². The number of carbonyl (C=O) groups excluding carboxylic acids is 1. The summed E-state index contributed by atoms with van der Waals surface area (Å²) in [5.41, 5.74) is 1.11. The first-order valence-electron chi connectivity index (χ1n) is 6.06. The molecule has 0 radical (unpaired) electrons. The molecule has 4 heteroatoms. The molecule has 1 unspecified atom stereocenters. The molecule has 1 atom stereocenters. The molecule has 0 saturated heterocycles. The Bertz CT molecular complexity index is 327. The number of amides is 1. The van der Waals surface area contributed by atoms with Gasteiger partial charge in [0.25, 0.3) is 0 Å². The molecular weight excluding hydrogens is 216 g/mol. The maximum Gasteiger partial charge on any atom is 0.220 e. The van der Waals surface area contributed by atoms with Gasteiger partial charge in [-0.3, -0.25) is 9.78 Å². The summed E-state index contributed by atoms with van der Waals surface area (Å²) in [6, 6.07) is 3.82. The molecule has 17 heavy (non-hydrogen) atoms. The fourth-order valence-electron chi connectivity index (χ4n) is 1.48. The number of aromatic nitrogens is 1. The Morgan fingerprint density at radius 1 is 1.47 bits per heavy atom. The van der Waals surface area contributed by atoms with Gasteiger partial charge in [-0.2, -0.15) is 0 Å². The molecule has 0 aliphatic rings. The second-order valence-corrected chi connectivity index (χ2v) is 4.06. The number of aryl methyl sites for hydroxylation is 1. The summed E-state index contributed by atoms with van der Waals surface area (Å²) >= 11 is 0. The van der Waals surface area contributed by atoms with Crippen molar-refractivity contribution in [3.8, 4) is 0 Å². The van der Waals surface area contributed by atoms with Gasteiger partial charge in [0.05, 0.1) is 6.10 Å². The fraction of sp³-hybridized carbons (Fsp3) is 0.538. The number of aliphatic hydroxyl groups excluding tert-OH is 1. The summed E-state index contributed by atoms with van der Waals surface area (Å²) in [4.78, 5) is 15.4. The quantitative estimate of drug-likeness (QED) is 0.750. The molecule has 0 aromatic carbocycles. The third-order valence-electron chi connectivity index (χ3n) is 2.66. The number of rotatable bonds is 7. The van der Waals surface area contributed by atoms with E-state index >= 15 is 0 Å². The molecule has 0 saturated carbocycles. The molecular formula is C13H20N2O2. The van der Waals surface area contributed by atoms with Crippen LogP contribution in [0.25, 0.3) is 0 Å². The number of nitrogens with zero attached hydrogens (tertiary/aromatic N) is 1. The van der Waals surface area contributed by atoms with Crippen molar-refractivity contribution in [2.75, 3.05) is 6.54 Å². The highest BCUT2D eigenvalue weighted by molar-refractivity contribution is 5.76. The van der Waals surface area contributed by atoms with Crippen molar-refractivity contribution in [2.45, 2.75) is 38.7 Å². The number of hydrogen-bond acceptors (Lipinski definition) is 3. The average molecular weight is 236 g/mol. The van der Waals surface area contributed by atoms with Crippen LogP contribution in [0.1, 0.15) is 31.7 Å². The molecule has 1 amide bonds. The van der Waals surface area contributed by atoms with Crippen LogP contribution in [0.2, 0.25) is 0 Å². The number of carbonyl (C=O) groups is 1. The normalized spacial score (nSPS) is 12.1. The standard InChI is InChI=1S/C13H20N2O2/c1-2-12(16)7-10-15-13(17)4-3-11-5-8-14-9-6-11/h5-6,8-9,12,16H,2-4,7,10H2,1H3,(H,15,17). The van der Waals surface area contributed by atoms with E-state index in [4.69, 9.17) is 0 Å². The molecule has 1 heterocycles. The largest absolute Gasteiger partial charge is 0.393 e. The maximum atomic E-state index is 11.5. The van der Waals surface area contributed by atoms with Gasteiger partial charge in [0.15, 0.2) is 0 Å². The number of pyridine rings is 1. The van der Waals surface area contributed by atoms with Crippen LogP contribution in [-0.2, 0) is 11.2 Å². The summed E-state index contributed by atoms with van der Waals surface area (Å²) in [6.07, 6.45) is 5.70. The molecule has 0 aliphatic heterocycles. The zero-order valence-corrected chi connectivity index (χ0v) is 10.2. The third kappa shape index (κ3) is 6.02. The minimum absolute atomic E-state index is 0.0325. The van der Waals surface area contributed by atoms with Crippen molar-refractivity contribution in [1.82, 2.24) is 10.3 Å². The Hall–Kier alpha value is -1.42. The Morgan fingerprint density at radius 3 is 2.82 bits per heavy atom. The predicted molar refractivity (Wildman–Crippen MR) is 66.5 cm³/mol. The highest BCUT2D eigenvalue weighted by Gasteiger charge is 2.04. The summed E-state index contributed by atoms with van der Waals surface area (Å²) < 4.78 is 0. The Morgan fingerprint density at radius 2 is 2.18 bits per heavy atom. The summed E-state index contributed by atoms with van der Waals surface area (Å²) in [7, 11) is 0. The van der Waals surface area contributed by atoms with E-state index in [1.807, 2.05) is 19.1 Å². The maximum absolute atomic E-state index is 11.5. The first-order chi connectivity index (χ1) is 8.22. The van der Waals surface area contributed by atoms with Gasteiger partial charge in [-0.25, -0.2) is 0 Å². The lowest BCUT2D eigenvalue weighted by atomic mass is 10.1. The lowest BCUT2D eigenvalue weighted by Crippen LogP contribution is -2.27. The first-order valence-corrected chi connectivity index (χ1v) is 6.06. The average Bonchev–Trinajstić information content (AvgIpc) is 2.37. The van der Waals surface area contributed by atoms with E-state index in [-0.39, 0.29) is 12.0 Å². The topological polar surface area (TPSA) is 62.2 Å². The summed E-state index contributed by atoms with van der Waals surface area (Å²) in [5.74, 6) is 0.0325. The molecule has 1 aromatic rings. The van der Waals surface area contributed by atoms with Gasteiger partial charge in [0, 0.05) is 25.4 Å². The second kappa shape index (κ2) is 7.79. The first kappa shape index (κ1) is 13.6. The SMILES string of the molecule is CCC(O)CCNC(=O)CCc1ccncc1. The van der Waals surface area contributed by atoms with Crippen LogP contribution in [0.5, 0.6) is 0 Å². The molecule has 4 nitrogen and oxygen atoms in total. The van der Waals surface area contributed by atoms with Gasteiger partial charge < -0.3 is 10.4 Å². The van der Waals surface area contributed by atoms with E-state index in [9.17, 15) is 9.90 Å². The molecule has 1 rings (SSSR count). The van der Waals surface area contributed by atoms with Crippen LogP contribution in [0, 0.1) is 0 Å². The molecule has 0 bridgehead atoms. The van der Waals surface area contributed by atoms with Gasteiger partial charge in [-0.15, -0.1) is 0 Å². The fourth-order valence-corrected chi connectivity index (χ4v) is 1.48. The highest BCUT2D eigenvalue weighted by Crippen LogP contribution is 2.01. The number of hydrogen-bond donors (Lipinski definition) is 2. The summed E-state index contributed by atoms with van der Waals surface area (Å²) in [6.45, 7) is 2.47. The lowest BCUT2D eigenvalue weighted by Gasteiger charge is -2.08. The van der Waals surface area contributed by atoms with Crippen LogP contribution in [0.3, 0.4) is 0 Å². The van der Waals surface area contributed by atoms with Crippen LogP contribution >= 0.6 is 0 Å². The van der Waals surface area contributed by atoms with Crippen LogP contribution in [0.15, 0.2) is 24.5 Å². The Labute approximate surface area is 102 Å². The predicted octanol–water partition coefficient (Wildman–Crippen LogP) is 1.29. The molecule has 0 spiro atoms. The Balaban J connectivity index is 2.13. The van der Waals surface area contributed by atoms with E-state index in [0.29, 0.717) is 19.4 Å². The van der Waals surface area contributed by atoms with Gasteiger partial charge in [0.1, 0.15) is 0 Å². The zero-order chi connectivity index (χ0) is 12.5. The molecule has 1 aromatic heterocycles. The van der Waals surface area contributed by atoms with E-state index in [1.54, 1.807) is 12.4 Å². The van der Waals surface area contributed by atoms with Gasteiger partial charge >= 0.3 is 0 Å². The zero-order valence-electron chi connectivity index (χ0n) is 10.2. The number of nitrogens with one attached hydrogen (secondary N) is 1. The smallest absolute Gasteiger partial charge is 0.220 e. The van der Waals surface area contributed by atoms with Crippen molar-refractivity contribution in [2.24, 2.45) is 0 Å². The third-order valence-corrected chi connectivity index (χ3v) is 2.66. The van der Waals surface area contributed by atoms with Gasteiger partial charge in [-0.05, 0) is 37.0 Å². The monoisotopic (exact) mass is 236 g/mol. The minimum Gasteiger partial charge on any atom is -0.393 e. The molecule has 94 valence electrons. The van der Waals surface area contributed by atoms with Crippen molar-refractivity contribution >= 4 is 5.91 Å². The van der Waals surface area contributed by atoms with Crippen LogP contribution in [-0.4, -0.2) is 28.6 Å². The highest BCUT2D eigenvalue weighted by atomic mass is 16.3. The van der Waals surface area contributed by atoms with E-state index in [2.05, 4.69) is 10.3 Å². The van der Waals surface area contributed by atoms with Gasteiger partial charge in [-0.1, -0.05) is 6.92 Å². The lowest BCUT2D eigenvalue weighted by molar-refractivity contribution is -0.121. The summed E-state index contributed by atoms with van der Waals surface area (Å²) in [5, 5.41) is 12.1. The molecule has 2 N–H and O–H groups in total. The van der Waals surface area contributed by atoms with Crippen LogP contribution in [0.4, 0.5) is 0 Å². The van der Waals surface area contributed by atoms with E-state index < -0.39 is 0 Å². The Kier molecular flexibility index (Phi) is 6.25. The number of aliphatic hydroxyl groups is 1. The van der Waals surface area contributed by atoms with Crippen molar-refractivity contribution in [3.05, 3.63) is 30.1 Å². The van der Waals surface area contributed by atoms with Gasteiger partial charge in [0.2, 0.25) is 5.91 Å². The molecule has 0 aliphatic carbocycles. The van der Waals surface area contributed by atoms with E-state index in [0.717, 1.165) is 18.4 Å². The molecule has 0 fully saturated rings. The van der Waals surface area contributed by atoms with Crippen molar-refractivity contribution in [3.63, 3.8) is 0 Å².